The molecule has 8 nitrogen and oxygen atoms in total. The van der Waals surface area contributed by atoms with Crippen LogP contribution < -0.4 is 5.32 Å². The van der Waals surface area contributed by atoms with Gasteiger partial charge in [-0.15, -0.1) is 0 Å². The average Bonchev–Trinajstić information content (AvgIpc) is 3.23. The second-order valence-electron chi connectivity index (χ2n) is 7.04. The van der Waals surface area contributed by atoms with Crippen LogP contribution in [0, 0.1) is 12.8 Å². The lowest BCUT2D eigenvalue weighted by Gasteiger charge is -2.41. The first-order valence-corrected chi connectivity index (χ1v) is 8.95. The highest BCUT2D eigenvalue weighted by Gasteiger charge is 2.41. The van der Waals surface area contributed by atoms with Crippen molar-refractivity contribution >= 4 is 5.91 Å². The van der Waals surface area contributed by atoms with Crippen LogP contribution in [0.25, 0.3) is 0 Å². The Morgan fingerprint density at radius 1 is 1.40 bits per heavy atom. The molecule has 0 spiro atoms. The fourth-order valence-corrected chi connectivity index (χ4v) is 3.91. The molecule has 1 amide bonds. The van der Waals surface area contributed by atoms with Crippen molar-refractivity contribution in [2.45, 2.75) is 44.7 Å². The van der Waals surface area contributed by atoms with Gasteiger partial charge in [0, 0.05) is 32.8 Å². The molecule has 2 aromatic heterocycles. The molecule has 0 bridgehead atoms. The summed E-state index contributed by atoms with van der Waals surface area (Å²) in [5.41, 5.74) is 1.22. The summed E-state index contributed by atoms with van der Waals surface area (Å²) in [7, 11) is 1.99. The summed E-state index contributed by atoms with van der Waals surface area (Å²) in [6.45, 7) is 3.40. The molecule has 25 heavy (non-hydrogen) atoms. The van der Waals surface area contributed by atoms with E-state index in [1.165, 1.54) is 18.5 Å². The van der Waals surface area contributed by atoms with Crippen LogP contribution >= 0.6 is 0 Å². The van der Waals surface area contributed by atoms with Crippen molar-refractivity contribution < 1.29 is 9.32 Å². The lowest BCUT2D eigenvalue weighted by atomic mass is 9.86. The fraction of sp³-hybridized carbons (Fsp3) is 0.647. The topological polar surface area (TPSA) is 89.1 Å². The zero-order valence-electron chi connectivity index (χ0n) is 14.7. The van der Waals surface area contributed by atoms with Gasteiger partial charge in [-0.05, 0) is 44.2 Å². The van der Waals surface area contributed by atoms with Gasteiger partial charge in [0.1, 0.15) is 0 Å². The number of hydrogen-bond acceptors (Lipinski definition) is 6. The fourth-order valence-electron chi connectivity index (χ4n) is 3.91. The molecule has 2 atom stereocenters. The lowest BCUT2D eigenvalue weighted by Crippen LogP contribution is -2.45. The van der Waals surface area contributed by atoms with Crippen molar-refractivity contribution in [3.63, 3.8) is 0 Å². The van der Waals surface area contributed by atoms with E-state index >= 15 is 0 Å². The third-order valence-corrected chi connectivity index (χ3v) is 5.23. The Morgan fingerprint density at radius 2 is 2.24 bits per heavy atom. The van der Waals surface area contributed by atoms with Crippen LogP contribution in [0.2, 0.25) is 0 Å². The van der Waals surface area contributed by atoms with E-state index in [1.54, 1.807) is 6.92 Å². The Morgan fingerprint density at radius 3 is 2.88 bits per heavy atom. The van der Waals surface area contributed by atoms with Crippen molar-refractivity contribution in [3.8, 4) is 0 Å². The zero-order chi connectivity index (χ0) is 17.4. The van der Waals surface area contributed by atoms with E-state index < -0.39 is 0 Å². The molecule has 2 fully saturated rings. The highest BCUT2D eigenvalue weighted by molar-refractivity contribution is 5.90. The maximum Gasteiger partial charge on any atom is 0.292 e. The summed E-state index contributed by atoms with van der Waals surface area (Å²) >= 11 is 0. The van der Waals surface area contributed by atoms with Gasteiger partial charge in [-0.1, -0.05) is 5.16 Å². The number of aromatic nitrogens is 4. The van der Waals surface area contributed by atoms with Crippen LogP contribution in [0.3, 0.4) is 0 Å². The highest BCUT2D eigenvalue weighted by atomic mass is 16.5. The van der Waals surface area contributed by atoms with E-state index in [-0.39, 0.29) is 11.7 Å². The zero-order valence-corrected chi connectivity index (χ0v) is 14.7. The van der Waals surface area contributed by atoms with Gasteiger partial charge < -0.3 is 9.84 Å². The van der Waals surface area contributed by atoms with Crippen LogP contribution in [0.4, 0.5) is 0 Å². The molecule has 2 aromatic rings. The Kier molecular flexibility index (Phi) is 4.29. The first-order chi connectivity index (χ1) is 12.1. The Balaban J connectivity index is 1.50. The summed E-state index contributed by atoms with van der Waals surface area (Å²) in [4.78, 5) is 18.9. The Labute approximate surface area is 146 Å². The monoisotopic (exact) mass is 344 g/mol. The standard InChI is InChI=1S/C17H24N6O2/c1-11-20-16(21-25-11)17(24)18-10-12-4-3-9-23(13-5-6-13)15(12)14-7-8-19-22(14)2/h7-8,12-13,15H,3-6,9-10H2,1-2H3,(H,18,24)/t12-,15+/m0/s1. The van der Waals surface area contributed by atoms with Crippen molar-refractivity contribution in [2.24, 2.45) is 13.0 Å². The molecule has 2 aliphatic rings. The van der Waals surface area contributed by atoms with Gasteiger partial charge in [0.15, 0.2) is 0 Å². The summed E-state index contributed by atoms with van der Waals surface area (Å²) < 4.78 is 6.85. The van der Waals surface area contributed by atoms with Gasteiger partial charge in [-0.25, -0.2) is 0 Å². The molecular weight excluding hydrogens is 320 g/mol. The number of carbonyl (C=O) groups is 1. The van der Waals surface area contributed by atoms with Crippen LogP contribution in [0.1, 0.15) is 53.9 Å². The second kappa shape index (κ2) is 6.59. The SMILES string of the molecule is Cc1nc(C(=O)NC[C@@H]2CCCN(C3CC3)[C@H]2c2ccnn2C)no1. The molecule has 1 aliphatic carbocycles. The number of rotatable bonds is 5. The van der Waals surface area contributed by atoms with E-state index in [9.17, 15) is 4.79 Å². The molecule has 0 aromatic carbocycles. The number of amides is 1. The molecule has 0 radical (unpaired) electrons. The summed E-state index contributed by atoms with van der Waals surface area (Å²) in [6, 6.07) is 3.07. The van der Waals surface area contributed by atoms with Gasteiger partial charge in [-0.2, -0.15) is 10.1 Å². The van der Waals surface area contributed by atoms with E-state index in [0.717, 1.165) is 19.4 Å². The van der Waals surface area contributed by atoms with Crippen molar-refractivity contribution in [1.82, 2.24) is 30.1 Å². The number of nitrogens with zero attached hydrogens (tertiary/aromatic N) is 5. The molecule has 134 valence electrons. The number of piperidine rings is 1. The number of hydrogen-bond donors (Lipinski definition) is 1. The molecule has 4 rings (SSSR count). The number of aryl methyl sites for hydroxylation is 2. The Hall–Kier alpha value is -2.22. The van der Waals surface area contributed by atoms with E-state index in [4.69, 9.17) is 4.52 Å². The minimum atomic E-state index is -0.274. The van der Waals surface area contributed by atoms with Crippen LogP contribution in [-0.2, 0) is 7.05 Å². The lowest BCUT2D eigenvalue weighted by molar-refractivity contribution is 0.0723. The number of likely N-dealkylation sites (tertiary alicyclic amines) is 1. The minimum Gasteiger partial charge on any atom is -0.349 e. The number of carbonyl (C=O) groups excluding carboxylic acids is 1. The van der Waals surface area contributed by atoms with Gasteiger partial charge >= 0.3 is 0 Å². The molecule has 1 saturated heterocycles. The molecule has 3 heterocycles. The van der Waals surface area contributed by atoms with Gasteiger partial charge in [0.25, 0.3) is 11.7 Å². The van der Waals surface area contributed by atoms with Crippen LogP contribution in [0.5, 0.6) is 0 Å². The minimum absolute atomic E-state index is 0.101. The molecule has 1 saturated carbocycles. The molecule has 0 unspecified atom stereocenters. The first kappa shape index (κ1) is 16.3. The van der Waals surface area contributed by atoms with Crippen LogP contribution in [0.15, 0.2) is 16.8 Å². The summed E-state index contributed by atoms with van der Waals surface area (Å²) in [5, 5.41) is 11.0. The van der Waals surface area contributed by atoms with Gasteiger partial charge in [-0.3, -0.25) is 14.4 Å². The maximum atomic E-state index is 12.3. The average molecular weight is 344 g/mol. The van der Waals surface area contributed by atoms with Crippen molar-refractivity contribution in [2.75, 3.05) is 13.1 Å². The van der Waals surface area contributed by atoms with E-state index in [2.05, 4.69) is 31.5 Å². The normalized spacial score (nSPS) is 24.4. The predicted molar refractivity (Wildman–Crippen MR) is 89.8 cm³/mol. The van der Waals surface area contributed by atoms with Gasteiger partial charge in [0.05, 0.1) is 11.7 Å². The van der Waals surface area contributed by atoms with Gasteiger partial charge in [0.2, 0.25) is 5.89 Å². The quantitative estimate of drug-likeness (QED) is 0.883. The summed E-state index contributed by atoms with van der Waals surface area (Å²) in [6.07, 6.45) is 6.65. The van der Waals surface area contributed by atoms with E-state index in [1.807, 2.05) is 17.9 Å². The van der Waals surface area contributed by atoms with Crippen LogP contribution in [-0.4, -0.2) is 49.9 Å². The van der Waals surface area contributed by atoms with Crippen molar-refractivity contribution in [1.29, 1.82) is 0 Å². The number of nitrogens with one attached hydrogen (secondary N) is 1. The highest BCUT2D eigenvalue weighted by Crippen LogP contribution is 2.42. The Bertz CT molecular complexity index is 750. The molecular formula is C17H24N6O2. The third-order valence-electron chi connectivity index (χ3n) is 5.23. The maximum absolute atomic E-state index is 12.3. The van der Waals surface area contributed by atoms with Crippen molar-refractivity contribution in [3.05, 3.63) is 29.7 Å². The predicted octanol–water partition coefficient (Wildman–Crippen LogP) is 1.46. The smallest absolute Gasteiger partial charge is 0.292 e. The largest absolute Gasteiger partial charge is 0.349 e. The first-order valence-electron chi connectivity index (χ1n) is 8.95. The van der Waals surface area contributed by atoms with E-state index in [0.29, 0.717) is 30.4 Å². The molecule has 1 aliphatic heterocycles. The molecule has 8 heteroatoms. The second-order valence-corrected chi connectivity index (χ2v) is 7.04. The third kappa shape index (κ3) is 3.30. The molecule has 1 N–H and O–H groups in total. The summed E-state index contributed by atoms with van der Waals surface area (Å²) in [5.74, 6) is 0.575.